The molecule has 0 N–H and O–H groups in total. The first-order valence-electron chi connectivity index (χ1n) is 10.6. The fourth-order valence-electron chi connectivity index (χ4n) is 5.29. The minimum absolute atomic E-state index is 0.0432. The lowest BCUT2D eigenvalue weighted by atomic mass is 9.74. The fraction of sp³-hybridized carbons (Fsp3) is 0.500. The monoisotopic (exact) mass is 392 g/mol. The van der Waals surface area contributed by atoms with Crippen molar-refractivity contribution in [3.8, 4) is 5.75 Å². The number of nitrogens with zero attached hydrogens (tertiary/aromatic N) is 2. The number of pyridine rings is 1. The Bertz CT molecular complexity index is 898. The zero-order chi connectivity index (χ0) is 20.0. The van der Waals surface area contributed by atoms with Gasteiger partial charge in [0.2, 0.25) is 5.91 Å². The largest absolute Gasteiger partial charge is 0.487 e. The molecule has 0 spiro atoms. The molecule has 1 amide bonds. The molecule has 1 aromatic carbocycles. The molecule has 3 aliphatic heterocycles. The molecule has 0 aliphatic carbocycles. The number of likely N-dealkylation sites (tertiary alicyclic amines) is 1. The van der Waals surface area contributed by atoms with Gasteiger partial charge in [-0.1, -0.05) is 24.3 Å². The van der Waals surface area contributed by atoms with E-state index in [1.807, 2.05) is 30.5 Å². The van der Waals surface area contributed by atoms with Crippen molar-refractivity contribution in [1.29, 1.82) is 0 Å². The second kappa shape index (κ2) is 7.13. The number of aryl methyl sites for hydroxylation is 1. The number of benzene rings is 1. The van der Waals surface area contributed by atoms with Crippen LogP contribution in [-0.4, -0.2) is 40.1 Å². The van der Waals surface area contributed by atoms with E-state index in [1.165, 1.54) is 0 Å². The van der Waals surface area contributed by atoms with Crippen LogP contribution in [0.1, 0.15) is 50.3 Å². The number of amides is 1. The van der Waals surface area contributed by atoms with E-state index < -0.39 is 0 Å². The third-order valence-electron chi connectivity index (χ3n) is 6.83. The van der Waals surface area contributed by atoms with Gasteiger partial charge in [0.15, 0.2) is 0 Å². The lowest BCUT2D eigenvalue weighted by Crippen LogP contribution is -2.54. The van der Waals surface area contributed by atoms with Crippen molar-refractivity contribution < 1.29 is 14.3 Å². The lowest BCUT2D eigenvalue weighted by molar-refractivity contribution is -0.167. The summed E-state index contributed by atoms with van der Waals surface area (Å²) >= 11 is 0. The Hall–Kier alpha value is -2.40. The second-order valence-corrected chi connectivity index (χ2v) is 8.99. The first kappa shape index (κ1) is 18.6. The summed E-state index contributed by atoms with van der Waals surface area (Å²) in [5.41, 5.74) is 1.93. The summed E-state index contributed by atoms with van der Waals surface area (Å²) in [4.78, 5) is 19.2. The highest BCUT2D eigenvalue weighted by Gasteiger charge is 2.53. The van der Waals surface area contributed by atoms with Crippen molar-refractivity contribution in [3.05, 3.63) is 59.9 Å². The Morgan fingerprint density at radius 3 is 2.93 bits per heavy atom. The number of fused-ring (bicyclic) bond motifs is 4. The van der Waals surface area contributed by atoms with Crippen molar-refractivity contribution in [2.45, 2.75) is 63.4 Å². The van der Waals surface area contributed by atoms with Gasteiger partial charge in [0.25, 0.3) is 0 Å². The number of para-hydroxylation sites is 1. The van der Waals surface area contributed by atoms with Crippen LogP contribution in [0.5, 0.6) is 5.75 Å². The summed E-state index contributed by atoms with van der Waals surface area (Å²) in [6, 6.07) is 12.3. The standard InChI is InChI=1S/C24H28N2O3/c1-24(2)18-14-19-21(28-23(18)17-7-3-4-8-20(17)29-24)11-13-26(19)22(27)10-9-16-6-5-12-25-15-16/h3-8,12,15,18-19,21,23H,9-11,13-14H2,1-2H3/t18-,19-,21-,23+/m1/s1. The van der Waals surface area contributed by atoms with Crippen molar-refractivity contribution in [3.63, 3.8) is 0 Å². The molecule has 0 saturated carbocycles. The lowest BCUT2D eigenvalue weighted by Gasteiger charge is -2.50. The fourth-order valence-corrected chi connectivity index (χ4v) is 5.29. The van der Waals surface area contributed by atoms with E-state index in [4.69, 9.17) is 9.47 Å². The van der Waals surface area contributed by atoms with Gasteiger partial charge in [-0.15, -0.1) is 0 Å². The maximum atomic E-state index is 13.0. The van der Waals surface area contributed by atoms with E-state index in [1.54, 1.807) is 6.20 Å². The van der Waals surface area contributed by atoms with Crippen molar-refractivity contribution in [2.75, 3.05) is 6.54 Å². The van der Waals surface area contributed by atoms with Crippen molar-refractivity contribution in [1.82, 2.24) is 9.88 Å². The smallest absolute Gasteiger partial charge is 0.223 e. The Labute approximate surface area is 172 Å². The van der Waals surface area contributed by atoms with Gasteiger partial charge in [0.1, 0.15) is 11.4 Å². The van der Waals surface area contributed by atoms with Crippen molar-refractivity contribution in [2.24, 2.45) is 5.92 Å². The maximum Gasteiger partial charge on any atom is 0.223 e. The molecule has 5 rings (SSSR count). The predicted molar refractivity (Wildman–Crippen MR) is 110 cm³/mol. The number of rotatable bonds is 3. The number of carbonyl (C=O) groups is 1. The van der Waals surface area contributed by atoms with Gasteiger partial charge < -0.3 is 14.4 Å². The minimum atomic E-state index is -0.322. The number of aromatic nitrogens is 1. The van der Waals surface area contributed by atoms with Gasteiger partial charge in [-0.2, -0.15) is 0 Å². The van der Waals surface area contributed by atoms with Crippen LogP contribution in [0.2, 0.25) is 0 Å². The highest BCUT2D eigenvalue weighted by molar-refractivity contribution is 5.77. The van der Waals surface area contributed by atoms with Gasteiger partial charge in [-0.3, -0.25) is 9.78 Å². The molecule has 152 valence electrons. The SMILES string of the molecule is CC1(C)Oc2ccccc2[C@@H]2O[C@@H]3CCN(C(=O)CCc4cccnc4)[C@@H]3C[C@H]21. The zero-order valence-corrected chi connectivity index (χ0v) is 17.1. The molecule has 2 saturated heterocycles. The summed E-state index contributed by atoms with van der Waals surface area (Å²) in [5.74, 6) is 1.38. The van der Waals surface area contributed by atoms with E-state index in [-0.39, 0.29) is 35.7 Å². The molecule has 5 heteroatoms. The van der Waals surface area contributed by atoms with E-state index in [2.05, 4.69) is 35.9 Å². The molecule has 4 atom stereocenters. The van der Waals surface area contributed by atoms with Gasteiger partial charge in [0.05, 0.1) is 18.2 Å². The molecule has 2 aromatic rings. The van der Waals surface area contributed by atoms with Crippen LogP contribution >= 0.6 is 0 Å². The number of ether oxygens (including phenoxy) is 2. The third-order valence-corrected chi connectivity index (χ3v) is 6.83. The maximum absolute atomic E-state index is 13.0. The first-order chi connectivity index (χ1) is 14.0. The number of hydrogen-bond donors (Lipinski definition) is 0. The minimum Gasteiger partial charge on any atom is -0.487 e. The molecule has 0 bridgehead atoms. The van der Waals surface area contributed by atoms with E-state index in [0.29, 0.717) is 6.42 Å². The average molecular weight is 392 g/mol. The number of hydrogen-bond acceptors (Lipinski definition) is 4. The summed E-state index contributed by atoms with van der Waals surface area (Å²) in [6.07, 6.45) is 6.85. The highest BCUT2D eigenvalue weighted by Crippen LogP contribution is 2.52. The quantitative estimate of drug-likeness (QED) is 0.794. The van der Waals surface area contributed by atoms with Crippen LogP contribution < -0.4 is 4.74 Å². The third kappa shape index (κ3) is 3.31. The van der Waals surface area contributed by atoms with E-state index in [9.17, 15) is 4.79 Å². The zero-order valence-electron chi connectivity index (χ0n) is 17.1. The summed E-state index contributed by atoms with van der Waals surface area (Å²) in [7, 11) is 0. The Balaban J connectivity index is 1.33. The van der Waals surface area contributed by atoms with Gasteiger partial charge in [-0.25, -0.2) is 0 Å². The van der Waals surface area contributed by atoms with Crippen LogP contribution in [0, 0.1) is 5.92 Å². The Morgan fingerprint density at radius 2 is 2.10 bits per heavy atom. The summed E-state index contributed by atoms with van der Waals surface area (Å²) < 4.78 is 13.0. The normalized spacial score (nSPS) is 29.4. The van der Waals surface area contributed by atoms with Gasteiger partial charge in [0, 0.05) is 36.8 Å². The predicted octanol–water partition coefficient (Wildman–Crippen LogP) is 3.93. The Morgan fingerprint density at radius 1 is 1.24 bits per heavy atom. The molecule has 0 radical (unpaired) electrons. The summed E-state index contributed by atoms with van der Waals surface area (Å²) in [6.45, 7) is 5.07. The average Bonchev–Trinajstić information content (AvgIpc) is 3.15. The molecular formula is C24H28N2O3. The first-order valence-corrected chi connectivity index (χ1v) is 10.6. The van der Waals surface area contributed by atoms with Crippen LogP contribution in [-0.2, 0) is 16.0 Å². The van der Waals surface area contributed by atoms with Crippen LogP contribution in [0.25, 0.3) is 0 Å². The molecule has 29 heavy (non-hydrogen) atoms. The summed E-state index contributed by atoms with van der Waals surface area (Å²) in [5, 5.41) is 0. The number of carbonyl (C=O) groups excluding carboxylic acids is 1. The molecule has 5 nitrogen and oxygen atoms in total. The van der Waals surface area contributed by atoms with Gasteiger partial charge in [-0.05, 0) is 50.8 Å². The Kier molecular flexibility index (Phi) is 4.58. The van der Waals surface area contributed by atoms with Crippen molar-refractivity contribution >= 4 is 5.91 Å². The second-order valence-electron chi connectivity index (χ2n) is 8.99. The van der Waals surface area contributed by atoms with Crippen LogP contribution in [0.3, 0.4) is 0 Å². The van der Waals surface area contributed by atoms with E-state index >= 15 is 0 Å². The topological polar surface area (TPSA) is 51.7 Å². The molecule has 0 unspecified atom stereocenters. The highest BCUT2D eigenvalue weighted by atomic mass is 16.5. The van der Waals surface area contributed by atoms with Crippen LogP contribution in [0.15, 0.2) is 48.8 Å². The molecule has 3 aliphatic rings. The van der Waals surface area contributed by atoms with Crippen LogP contribution in [0.4, 0.5) is 0 Å². The molecule has 4 heterocycles. The van der Waals surface area contributed by atoms with E-state index in [0.717, 1.165) is 42.7 Å². The molecule has 1 aromatic heterocycles. The molecular weight excluding hydrogens is 364 g/mol. The van der Waals surface area contributed by atoms with Gasteiger partial charge >= 0.3 is 0 Å². The molecule has 2 fully saturated rings.